The van der Waals surface area contributed by atoms with Crippen LogP contribution in [0.3, 0.4) is 0 Å². The summed E-state index contributed by atoms with van der Waals surface area (Å²) < 4.78 is 125. The summed E-state index contributed by atoms with van der Waals surface area (Å²) in [6.45, 7) is 13.8. The quantitative estimate of drug-likeness (QED) is 0.0393. The average molecular weight is 2130 g/mol. The number of halogens is 10. The van der Waals surface area contributed by atoms with Gasteiger partial charge in [-0.3, -0.25) is 22.8 Å². The maximum atomic E-state index is 13.6. The molecule has 15 aromatic rings. The molecule has 0 amide bonds. The average Bonchev–Trinajstić information content (AvgIpc) is 1.55. The van der Waals surface area contributed by atoms with Gasteiger partial charge in [0.25, 0.3) is 0 Å². The second-order valence-electron chi connectivity index (χ2n) is 38.9. The Bertz CT molecular complexity index is 7020. The third-order valence-electron chi connectivity index (χ3n) is 30.3. The van der Waals surface area contributed by atoms with Gasteiger partial charge in [-0.15, -0.1) is 51.0 Å². The normalized spacial score (nSPS) is 22.3. The molecule has 5 aliphatic heterocycles. The zero-order chi connectivity index (χ0) is 104. The number of rotatable bonds is 29. The third-order valence-corrected chi connectivity index (χ3v) is 31.9. The maximum absolute atomic E-state index is 13.6. The van der Waals surface area contributed by atoms with Crippen molar-refractivity contribution in [1.29, 1.82) is 0 Å². The van der Waals surface area contributed by atoms with E-state index in [0.29, 0.717) is 140 Å². The molecular formula is C105H105Cl5F5N25O9. The van der Waals surface area contributed by atoms with Crippen LogP contribution in [0, 0.1) is 65.6 Å². The minimum Gasteiger partial charge on any atom is -0.481 e. The van der Waals surface area contributed by atoms with Gasteiger partial charge in [-0.1, -0.05) is 88.3 Å². The molecule has 44 heteroatoms. The predicted octanol–water partition coefficient (Wildman–Crippen LogP) is 17.5. The second kappa shape index (κ2) is 41.4. The van der Waals surface area contributed by atoms with Crippen LogP contribution in [0.2, 0.25) is 25.1 Å². The highest BCUT2D eigenvalue weighted by atomic mass is 35.5. The van der Waals surface area contributed by atoms with Crippen molar-refractivity contribution >= 4 is 87.7 Å². The Labute approximate surface area is 879 Å². The number of benzene rings is 5. The molecule has 25 rings (SSSR count). The molecule has 10 aliphatic rings. The number of fused-ring (bicyclic) bond motifs is 5. The summed E-state index contributed by atoms with van der Waals surface area (Å²) in [5, 5.41) is 46.4. The third kappa shape index (κ3) is 19.3. The monoisotopic (exact) mass is 2130 g/mol. The van der Waals surface area contributed by atoms with Gasteiger partial charge in [-0.25, -0.2) is 46.9 Å². The summed E-state index contributed by atoms with van der Waals surface area (Å²) >= 11 is 32.0. The van der Waals surface area contributed by atoms with Crippen molar-refractivity contribution in [2.75, 3.05) is 153 Å². The first-order chi connectivity index (χ1) is 72.2. The fourth-order valence-electron chi connectivity index (χ4n) is 22.8. The van der Waals surface area contributed by atoms with Crippen LogP contribution in [0.4, 0.5) is 51.7 Å². The van der Waals surface area contributed by atoms with Crippen LogP contribution in [0.5, 0.6) is 29.4 Å². The molecule has 774 valence electrons. The van der Waals surface area contributed by atoms with E-state index in [2.05, 4.69) is 100 Å². The lowest BCUT2D eigenvalue weighted by atomic mass is 9.95. The van der Waals surface area contributed by atoms with E-state index in [1.165, 1.54) is 60.7 Å². The highest BCUT2D eigenvalue weighted by Crippen LogP contribution is 2.66. The number of piperidine rings is 5. The summed E-state index contributed by atoms with van der Waals surface area (Å²) in [4.78, 5) is 32.7. The molecule has 0 bridgehead atoms. The van der Waals surface area contributed by atoms with E-state index >= 15 is 0 Å². The highest BCUT2D eigenvalue weighted by molar-refractivity contribution is 6.33. The molecule has 5 aliphatic carbocycles. The lowest BCUT2D eigenvalue weighted by Gasteiger charge is -2.23. The van der Waals surface area contributed by atoms with Gasteiger partial charge in [0, 0.05) is 176 Å². The van der Waals surface area contributed by atoms with Gasteiger partial charge in [0.2, 0.25) is 59.1 Å². The Morgan fingerprint density at radius 2 is 0.497 bits per heavy atom. The molecule has 5 saturated carbocycles. The number of methoxy groups -OCH3 is 8. The molecule has 10 fully saturated rings. The molecule has 5 aromatic carbocycles. The first kappa shape index (κ1) is 101. The Morgan fingerprint density at radius 1 is 0.282 bits per heavy atom. The van der Waals surface area contributed by atoms with Gasteiger partial charge in [0.1, 0.15) is 61.3 Å². The smallest absolute Gasteiger partial charge is 0.232 e. The van der Waals surface area contributed by atoms with Gasteiger partial charge in [-0.05, 0) is 194 Å². The van der Waals surface area contributed by atoms with Gasteiger partial charge in [0.05, 0.1) is 95.0 Å². The van der Waals surface area contributed by atoms with Gasteiger partial charge in [0.15, 0.2) is 23.3 Å². The predicted molar refractivity (Wildman–Crippen MR) is 548 cm³/mol. The molecule has 0 spiro atoms. The Morgan fingerprint density at radius 3 is 0.698 bits per heavy atom. The SMILES string of the molecule is CCOCc1nnc(N2C[C@@H]3C[C@]3(c3ccc(F)cc3Cl)C2)n1-c1ccc(OC)nc1.COCc1nnc(N2CC3CC3(c3ccc(F)cc3Cl)C2)n1-c1ccc(OC)nc1.COCc1nnc(N2C[C@@H]3C[C@]3(c3ccc(F)cc3Cl)C2)n1-c1ccc(OC)nc1.COCc1nnc(N2C[C@H]3C[C@@]3(c3ccc(F)cc3Cl)C2)n1-c1ccc(OC)nc1.COc1ccc(-n2c(C)nnc2N2C[C@@H]3C[C@]3(c3ccc(F)cc3Cl)C2)cn1. The molecule has 10 aromatic heterocycles. The van der Waals surface area contributed by atoms with E-state index in [1.54, 1.807) is 106 Å². The van der Waals surface area contributed by atoms with E-state index in [-0.39, 0.29) is 56.2 Å². The lowest BCUT2D eigenvalue weighted by Crippen LogP contribution is -2.29. The molecular weight excluding hydrogens is 2030 g/mol. The molecule has 0 radical (unpaired) electrons. The zero-order valence-corrected chi connectivity index (χ0v) is 86.8. The van der Waals surface area contributed by atoms with Gasteiger partial charge >= 0.3 is 0 Å². The van der Waals surface area contributed by atoms with E-state index in [0.717, 1.165) is 189 Å². The maximum Gasteiger partial charge on any atom is 0.232 e. The first-order valence-electron chi connectivity index (χ1n) is 48.5. The largest absolute Gasteiger partial charge is 0.481 e. The fraction of sp³-hybridized carbons (Fsp3) is 0.381. The number of aryl methyl sites for hydroxylation is 1. The summed E-state index contributed by atoms with van der Waals surface area (Å²) in [7, 11) is 12.8. The zero-order valence-electron chi connectivity index (χ0n) is 83.0. The number of pyridine rings is 5. The molecule has 149 heavy (non-hydrogen) atoms. The minimum atomic E-state index is -0.317. The minimum absolute atomic E-state index is 0.0341. The second-order valence-corrected chi connectivity index (χ2v) is 41.0. The number of hydrogen-bond donors (Lipinski definition) is 0. The van der Waals surface area contributed by atoms with Crippen molar-refractivity contribution in [2.24, 2.45) is 29.6 Å². The van der Waals surface area contributed by atoms with Crippen LogP contribution in [0.15, 0.2) is 183 Å². The number of ether oxygens (including phenoxy) is 9. The first-order valence-corrected chi connectivity index (χ1v) is 50.4. The summed E-state index contributed by atoms with van der Waals surface area (Å²) in [6, 6.07) is 42.2. The van der Waals surface area contributed by atoms with Crippen molar-refractivity contribution in [3.63, 3.8) is 0 Å². The van der Waals surface area contributed by atoms with Crippen LogP contribution >= 0.6 is 58.0 Å². The van der Waals surface area contributed by atoms with Crippen LogP contribution < -0.4 is 48.2 Å². The van der Waals surface area contributed by atoms with Gasteiger partial charge in [-0.2, -0.15) is 0 Å². The number of nitrogens with zero attached hydrogens (tertiary/aromatic N) is 25. The van der Waals surface area contributed by atoms with Crippen LogP contribution in [0.1, 0.15) is 96.0 Å². The van der Waals surface area contributed by atoms with Crippen LogP contribution in [0.25, 0.3) is 28.4 Å². The Balaban J connectivity index is 0.000000109. The van der Waals surface area contributed by atoms with Crippen LogP contribution in [-0.4, -0.2) is 228 Å². The van der Waals surface area contributed by atoms with Crippen molar-refractivity contribution < 1.29 is 64.6 Å². The fourth-order valence-corrected chi connectivity index (χ4v) is 24.6. The van der Waals surface area contributed by atoms with E-state index in [1.807, 2.05) is 109 Å². The van der Waals surface area contributed by atoms with Crippen molar-refractivity contribution in [3.05, 3.63) is 294 Å². The number of hydrogen-bond acceptors (Lipinski definition) is 29. The lowest BCUT2D eigenvalue weighted by molar-refractivity contribution is 0.127. The molecule has 34 nitrogen and oxygen atoms in total. The van der Waals surface area contributed by atoms with Crippen molar-refractivity contribution in [2.45, 2.75) is 99.5 Å². The Kier molecular flexibility index (Phi) is 28.2. The molecule has 15 heterocycles. The standard InChI is InChI=1S/C22H23ClFN5O2.3C21H21ClFN5O2.C20H19ClFN5O/c1-3-31-12-19-26-27-21(29(19)16-5-7-20(30-2)25-10-16)28-11-14-9-22(14,13-28)17-6-4-15(24)8-18(17)23;3*1-29-11-18-25-26-20(28(18)15-4-6-19(30-2)24-9-15)27-10-13-8-21(13,12-27)16-5-3-14(23)7-17(16)22;1-12-24-25-19(27(12)15-4-6-18(28-2)23-9-15)26-10-13-8-20(13,11-26)16-5-3-14(22)7-17(16)21/h4-8,10,14H,3,9,11-13H2,1-2H3;3*3-7,9,13H,8,10-12H2,1-2H3;3-7,9,13H,8,10-11H2,1-2H3/t14-,22-;2*13-,21-;;13-,20-/m010.0/s1. The van der Waals surface area contributed by atoms with E-state index < -0.39 is 0 Å². The topological polar surface area (TPSA) is 317 Å². The number of aromatic nitrogens is 20. The summed E-state index contributed by atoms with van der Waals surface area (Å²) in [5.41, 5.74) is 8.96. The van der Waals surface area contributed by atoms with E-state index in [9.17, 15) is 22.0 Å². The Hall–Kier alpha value is -13.5. The molecule has 10 atom stereocenters. The number of anilines is 5. The van der Waals surface area contributed by atoms with Crippen molar-refractivity contribution in [3.8, 4) is 57.8 Å². The molecule has 5 saturated heterocycles. The highest BCUT2D eigenvalue weighted by Gasteiger charge is 2.67. The summed E-state index contributed by atoms with van der Waals surface area (Å²) in [5.74, 6) is 10.7. The van der Waals surface area contributed by atoms with E-state index in [4.69, 9.17) is 101 Å². The summed E-state index contributed by atoms with van der Waals surface area (Å²) in [6.07, 6.45) is 13.9. The van der Waals surface area contributed by atoms with Crippen LogP contribution in [-0.2, 0) is 72.4 Å². The molecule has 2 unspecified atom stereocenters. The molecule has 0 N–H and O–H groups in total. The van der Waals surface area contributed by atoms with Gasteiger partial charge < -0.3 is 67.1 Å². The van der Waals surface area contributed by atoms with Crippen molar-refractivity contribution in [1.82, 2.24) is 98.7 Å².